The van der Waals surface area contributed by atoms with Crippen LogP contribution in [0.25, 0.3) is 0 Å². The smallest absolute Gasteiger partial charge is 0.321 e. The molecule has 0 aliphatic carbocycles. The first-order valence-corrected chi connectivity index (χ1v) is 9.86. The van der Waals surface area contributed by atoms with E-state index in [-0.39, 0.29) is 17.8 Å². The molecule has 1 aliphatic rings. The molecule has 2 aromatic rings. The average Bonchev–Trinajstić information content (AvgIpc) is 2.99. The van der Waals surface area contributed by atoms with Crippen LogP contribution in [0.15, 0.2) is 48.5 Å². The van der Waals surface area contributed by atoms with Crippen LogP contribution in [0.1, 0.15) is 43.0 Å². The van der Waals surface area contributed by atoms with E-state index in [0.717, 1.165) is 25.9 Å². The van der Waals surface area contributed by atoms with Gasteiger partial charge in [-0.3, -0.25) is 9.59 Å². The molecule has 0 spiro atoms. The molecule has 7 nitrogen and oxygen atoms in total. The summed E-state index contributed by atoms with van der Waals surface area (Å²) in [5.41, 5.74) is 2.31. The largest absolute Gasteiger partial charge is 0.326 e. The van der Waals surface area contributed by atoms with Gasteiger partial charge in [0.25, 0.3) is 5.91 Å². The van der Waals surface area contributed by atoms with E-state index in [4.69, 9.17) is 0 Å². The lowest BCUT2D eigenvalue weighted by molar-refractivity contribution is -0.114. The van der Waals surface area contributed by atoms with Crippen LogP contribution in [0.4, 0.5) is 21.9 Å². The summed E-state index contributed by atoms with van der Waals surface area (Å²) < 4.78 is 0. The van der Waals surface area contributed by atoms with Crippen molar-refractivity contribution in [1.82, 2.24) is 4.90 Å². The lowest BCUT2D eigenvalue weighted by Gasteiger charge is -2.20. The van der Waals surface area contributed by atoms with Crippen molar-refractivity contribution in [3.05, 3.63) is 54.1 Å². The molecule has 4 amide bonds. The Bertz CT molecular complexity index is 872. The fourth-order valence-corrected chi connectivity index (χ4v) is 3.26. The second-order valence-corrected chi connectivity index (χ2v) is 7.12. The maximum Gasteiger partial charge on any atom is 0.321 e. The highest BCUT2D eigenvalue weighted by Gasteiger charge is 2.15. The van der Waals surface area contributed by atoms with E-state index < -0.39 is 0 Å². The minimum Gasteiger partial charge on any atom is -0.326 e. The summed E-state index contributed by atoms with van der Waals surface area (Å²) >= 11 is 0. The highest BCUT2D eigenvalue weighted by Crippen LogP contribution is 2.18. The Morgan fingerprint density at radius 1 is 0.759 bits per heavy atom. The SMILES string of the molecule is CC(=O)Nc1cccc(C(=O)Nc2ccc(NC(=O)N3CCCCCC3)cc2)c1. The van der Waals surface area contributed by atoms with E-state index in [1.165, 1.54) is 19.8 Å². The number of benzene rings is 2. The zero-order valence-corrected chi connectivity index (χ0v) is 16.5. The molecule has 7 heteroatoms. The van der Waals surface area contributed by atoms with Gasteiger partial charge in [-0.25, -0.2) is 4.79 Å². The highest BCUT2D eigenvalue weighted by molar-refractivity contribution is 6.05. The average molecular weight is 394 g/mol. The maximum atomic E-state index is 12.5. The molecule has 0 atom stereocenters. The number of anilines is 3. The molecule has 0 unspecified atom stereocenters. The van der Waals surface area contributed by atoms with Gasteiger partial charge < -0.3 is 20.9 Å². The van der Waals surface area contributed by atoms with Crippen molar-refractivity contribution in [2.24, 2.45) is 0 Å². The minimum absolute atomic E-state index is 0.0847. The monoisotopic (exact) mass is 394 g/mol. The summed E-state index contributed by atoms with van der Waals surface area (Å²) in [4.78, 5) is 37.9. The summed E-state index contributed by atoms with van der Waals surface area (Å²) in [5.74, 6) is -0.473. The van der Waals surface area contributed by atoms with Gasteiger partial charge in [0.2, 0.25) is 5.91 Å². The molecule has 0 aromatic heterocycles. The second kappa shape index (κ2) is 9.73. The molecule has 1 aliphatic heterocycles. The number of hydrogen-bond donors (Lipinski definition) is 3. The first-order chi connectivity index (χ1) is 14.0. The molecule has 1 fully saturated rings. The normalized spacial score (nSPS) is 13.9. The number of carbonyl (C=O) groups excluding carboxylic acids is 3. The summed E-state index contributed by atoms with van der Waals surface area (Å²) in [6, 6.07) is 13.7. The first kappa shape index (κ1) is 20.4. The van der Waals surface area contributed by atoms with Crippen molar-refractivity contribution < 1.29 is 14.4 Å². The van der Waals surface area contributed by atoms with E-state index in [1.54, 1.807) is 48.5 Å². The molecule has 1 heterocycles. The second-order valence-electron chi connectivity index (χ2n) is 7.12. The molecule has 29 heavy (non-hydrogen) atoms. The lowest BCUT2D eigenvalue weighted by Crippen LogP contribution is -2.35. The Morgan fingerprint density at radius 3 is 2.00 bits per heavy atom. The topological polar surface area (TPSA) is 90.5 Å². The van der Waals surface area contributed by atoms with Gasteiger partial charge in [-0.2, -0.15) is 0 Å². The summed E-state index contributed by atoms with van der Waals surface area (Å²) in [5, 5.41) is 8.38. The Morgan fingerprint density at radius 2 is 1.38 bits per heavy atom. The van der Waals surface area contributed by atoms with E-state index in [0.29, 0.717) is 22.6 Å². The molecule has 152 valence electrons. The van der Waals surface area contributed by atoms with Crippen LogP contribution in [-0.2, 0) is 4.79 Å². The predicted octanol–water partition coefficient (Wildman–Crippen LogP) is 4.31. The maximum absolute atomic E-state index is 12.5. The van der Waals surface area contributed by atoms with Gasteiger partial charge in [0.05, 0.1) is 0 Å². The molecular weight excluding hydrogens is 368 g/mol. The van der Waals surface area contributed by atoms with Crippen LogP contribution >= 0.6 is 0 Å². The van der Waals surface area contributed by atoms with Crippen molar-refractivity contribution in [2.75, 3.05) is 29.0 Å². The predicted molar refractivity (Wildman–Crippen MR) is 114 cm³/mol. The highest BCUT2D eigenvalue weighted by atomic mass is 16.2. The van der Waals surface area contributed by atoms with Gasteiger partial charge in [-0.1, -0.05) is 18.9 Å². The van der Waals surface area contributed by atoms with Crippen LogP contribution in [-0.4, -0.2) is 35.8 Å². The Kier molecular flexibility index (Phi) is 6.84. The number of rotatable bonds is 4. The van der Waals surface area contributed by atoms with E-state index in [2.05, 4.69) is 16.0 Å². The summed E-state index contributed by atoms with van der Waals surface area (Å²) in [6.45, 7) is 3.00. The Labute approximate surface area is 170 Å². The van der Waals surface area contributed by atoms with Gasteiger partial charge in [-0.05, 0) is 55.3 Å². The number of amides is 4. The van der Waals surface area contributed by atoms with E-state index in [9.17, 15) is 14.4 Å². The Hall–Kier alpha value is -3.35. The van der Waals surface area contributed by atoms with Crippen LogP contribution < -0.4 is 16.0 Å². The van der Waals surface area contributed by atoms with Crippen molar-refractivity contribution in [2.45, 2.75) is 32.6 Å². The van der Waals surface area contributed by atoms with Crippen molar-refractivity contribution >= 4 is 34.9 Å². The van der Waals surface area contributed by atoms with E-state index >= 15 is 0 Å². The van der Waals surface area contributed by atoms with Crippen LogP contribution in [0.5, 0.6) is 0 Å². The van der Waals surface area contributed by atoms with Crippen LogP contribution in [0.3, 0.4) is 0 Å². The quantitative estimate of drug-likeness (QED) is 0.722. The third-order valence-electron chi connectivity index (χ3n) is 4.73. The standard InChI is InChI=1S/C22H26N4O3/c1-16(27)23-20-8-6-7-17(15-20)21(28)24-18-9-11-19(12-10-18)25-22(29)26-13-4-2-3-5-14-26/h6-12,15H,2-5,13-14H2,1H3,(H,23,27)(H,24,28)(H,25,29). The fourth-order valence-electron chi connectivity index (χ4n) is 3.26. The molecular formula is C22H26N4O3. The third-order valence-corrected chi connectivity index (χ3v) is 4.73. The van der Waals surface area contributed by atoms with Crippen LogP contribution in [0, 0.1) is 0 Å². The fraction of sp³-hybridized carbons (Fsp3) is 0.318. The molecule has 3 N–H and O–H groups in total. The zero-order chi connectivity index (χ0) is 20.6. The Balaban J connectivity index is 1.58. The van der Waals surface area contributed by atoms with Crippen LogP contribution in [0.2, 0.25) is 0 Å². The zero-order valence-electron chi connectivity index (χ0n) is 16.5. The number of carbonyl (C=O) groups is 3. The molecule has 2 aromatic carbocycles. The first-order valence-electron chi connectivity index (χ1n) is 9.86. The van der Waals surface area contributed by atoms with Crippen molar-refractivity contribution in [1.29, 1.82) is 0 Å². The number of urea groups is 1. The number of nitrogens with zero attached hydrogens (tertiary/aromatic N) is 1. The van der Waals surface area contributed by atoms with E-state index in [1.807, 2.05) is 4.90 Å². The molecule has 0 saturated carbocycles. The van der Waals surface area contributed by atoms with Gasteiger partial charge in [0.15, 0.2) is 0 Å². The van der Waals surface area contributed by atoms with Crippen molar-refractivity contribution in [3.63, 3.8) is 0 Å². The number of likely N-dealkylation sites (tertiary alicyclic amines) is 1. The number of nitrogens with one attached hydrogen (secondary N) is 3. The number of hydrogen-bond acceptors (Lipinski definition) is 3. The molecule has 3 rings (SSSR count). The van der Waals surface area contributed by atoms with Gasteiger partial charge in [-0.15, -0.1) is 0 Å². The third kappa shape index (κ3) is 6.07. The molecule has 0 radical (unpaired) electrons. The summed E-state index contributed by atoms with van der Waals surface area (Å²) in [6.07, 6.45) is 4.43. The summed E-state index contributed by atoms with van der Waals surface area (Å²) in [7, 11) is 0. The van der Waals surface area contributed by atoms with Crippen molar-refractivity contribution in [3.8, 4) is 0 Å². The minimum atomic E-state index is -0.279. The van der Waals surface area contributed by atoms with Gasteiger partial charge >= 0.3 is 6.03 Å². The molecule has 1 saturated heterocycles. The molecule has 0 bridgehead atoms. The lowest BCUT2D eigenvalue weighted by atomic mass is 10.1. The van der Waals surface area contributed by atoms with Gasteiger partial charge in [0, 0.05) is 42.6 Å². The van der Waals surface area contributed by atoms with Gasteiger partial charge in [0.1, 0.15) is 0 Å².